The first-order valence-corrected chi connectivity index (χ1v) is 7.63. The van der Waals surface area contributed by atoms with E-state index in [2.05, 4.69) is 9.80 Å². The standard InChI is InChI=1S/C14H27N3O2/c18-13-12-16-7-3-8-17(11-10-16)14(19)4-9-15-5-1-2-6-15/h18H,1-13H2. The molecule has 110 valence electrons. The fourth-order valence-corrected chi connectivity index (χ4v) is 3.00. The third-order valence-electron chi connectivity index (χ3n) is 4.20. The molecule has 0 saturated carbocycles. The van der Waals surface area contributed by atoms with Crippen molar-refractivity contribution in [3.63, 3.8) is 0 Å². The summed E-state index contributed by atoms with van der Waals surface area (Å²) < 4.78 is 0. The molecule has 0 aromatic rings. The van der Waals surface area contributed by atoms with Crippen molar-refractivity contribution in [3.05, 3.63) is 0 Å². The summed E-state index contributed by atoms with van der Waals surface area (Å²) in [4.78, 5) is 18.9. The highest BCUT2D eigenvalue weighted by atomic mass is 16.3. The van der Waals surface area contributed by atoms with Crippen molar-refractivity contribution < 1.29 is 9.90 Å². The Balaban J connectivity index is 1.69. The Hall–Kier alpha value is -0.650. The maximum absolute atomic E-state index is 12.2. The molecule has 0 spiro atoms. The number of aliphatic hydroxyl groups is 1. The first-order valence-electron chi connectivity index (χ1n) is 7.63. The molecule has 0 radical (unpaired) electrons. The lowest BCUT2D eigenvalue weighted by Gasteiger charge is -2.23. The van der Waals surface area contributed by atoms with Crippen molar-refractivity contribution in [1.29, 1.82) is 0 Å². The van der Waals surface area contributed by atoms with Gasteiger partial charge in [-0.3, -0.25) is 9.69 Å². The van der Waals surface area contributed by atoms with E-state index in [1.165, 1.54) is 12.8 Å². The molecular formula is C14H27N3O2. The van der Waals surface area contributed by atoms with E-state index in [-0.39, 0.29) is 6.61 Å². The SMILES string of the molecule is O=C(CCN1CCCC1)N1CCCN(CCO)CC1. The van der Waals surface area contributed by atoms with E-state index >= 15 is 0 Å². The molecule has 19 heavy (non-hydrogen) atoms. The Morgan fingerprint density at radius 1 is 0.842 bits per heavy atom. The maximum Gasteiger partial charge on any atom is 0.223 e. The van der Waals surface area contributed by atoms with Gasteiger partial charge in [-0.25, -0.2) is 0 Å². The van der Waals surface area contributed by atoms with Gasteiger partial charge in [0.2, 0.25) is 5.91 Å². The second-order valence-electron chi connectivity index (χ2n) is 5.60. The second-order valence-corrected chi connectivity index (χ2v) is 5.60. The third-order valence-corrected chi connectivity index (χ3v) is 4.20. The molecule has 2 rings (SSSR count). The third kappa shape index (κ3) is 4.75. The Bertz CT molecular complexity index is 280. The summed E-state index contributed by atoms with van der Waals surface area (Å²) in [5, 5.41) is 8.96. The van der Waals surface area contributed by atoms with Gasteiger partial charge in [-0.2, -0.15) is 0 Å². The van der Waals surface area contributed by atoms with E-state index in [9.17, 15) is 4.79 Å². The van der Waals surface area contributed by atoms with Crippen molar-refractivity contribution in [3.8, 4) is 0 Å². The van der Waals surface area contributed by atoms with Gasteiger partial charge in [-0.15, -0.1) is 0 Å². The molecule has 2 saturated heterocycles. The van der Waals surface area contributed by atoms with Gasteiger partial charge in [0, 0.05) is 39.1 Å². The summed E-state index contributed by atoms with van der Waals surface area (Å²) >= 11 is 0. The molecule has 0 atom stereocenters. The van der Waals surface area contributed by atoms with Crippen LogP contribution in [0.5, 0.6) is 0 Å². The summed E-state index contributed by atoms with van der Waals surface area (Å²) in [6.07, 6.45) is 4.26. The number of β-amino-alcohol motifs (C(OH)–C–C–N with tert-alkyl or cyclic N) is 1. The van der Waals surface area contributed by atoms with Gasteiger partial charge < -0.3 is 14.9 Å². The van der Waals surface area contributed by atoms with E-state index in [0.29, 0.717) is 12.3 Å². The molecule has 2 fully saturated rings. The van der Waals surface area contributed by atoms with Gasteiger partial charge in [-0.1, -0.05) is 0 Å². The molecule has 0 bridgehead atoms. The highest BCUT2D eigenvalue weighted by molar-refractivity contribution is 5.76. The van der Waals surface area contributed by atoms with E-state index in [1.54, 1.807) is 0 Å². The van der Waals surface area contributed by atoms with Crippen molar-refractivity contribution in [1.82, 2.24) is 14.7 Å². The van der Waals surface area contributed by atoms with E-state index in [0.717, 1.165) is 58.8 Å². The van der Waals surface area contributed by atoms with Crippen LogP contribution in [0.4, 0.5) is 0 Å². The Labute approximate surface area is 116 Å². The number of hydrogen-bond acceptors (Lipinski definition) is 4. The van der Waals surface area contributed by atoms with Gasteiger partial charge >= 0.3 is 0 Å². The smallest absolute Gasteiger partial charge is 0.223 e. The summed E-state index contributed by atoms with van der Waals surface area (Å²) in [6, 6.07) is 0. The molecular weight excluding hydrogens is 242 g/mol. The van der Waals surface area contributed by atoms with Gasteiger partial charge in [0.1, 0.15) is 0 Å². The zero-order chi connectivity index (χ0) is 13.5. The fourth-order valence-electron chi connectivity index (χ4n) is 3.00. The van der Waals surface area contributed by atoms with Crippen molar-refractivity contribution in [2.24, 2.45) is 0 Å². The van der Waals surface area contributed by atoms with Crippen LogP contribution >= 0.6 is 0 Å². The topological polar surface area (TPSA) is 47.0 Å². The minimum atomic E-state index is 0.211. The Morgan fingerprint density at radius 3 is 2.26 bits per heavy atom. The molecule has 2 heterocycles. The van der Waals surface area contributed by atoms with Crippen LogP contribution in [0.2, 0.25) is 0 Å². The largest absolute Gasteiger partial charge is 0.395 e. The van der Waals surface area contributed by atoms with Crippen LogP contribution in [0.1, 0.15) is 25.7 Å². The summed E-state index contributed by atoms with van der Waals surface area (Å²) in [5.74, 6) is 0.303. The summed E-state index contributed by atoms with van der Waals surface area (Å²) in [5.41, 5.74) is 0. The normalized spacial score (nSPS) is 22.7. The molecule has 1 amide bonds. The monoisotopic (exact) mass is 269 g/mol. The molecule has 1 N–H and O–H groups in total. The average molecular weight is 269 g/mol. The Morgan fingerprint density at radius 2 is 1.53 bits per heavy atom. The Kier molecular flexibility index (Phi) is 6.07. The van der Waals surface area contributed by atoms with Crippen LogP contribution in [-0.2, 0) is 4.79 Å². The maximum atomic E-state index is 12.2. The molecule has 0 aromatic heterocycles. The predicted octanol–water partition coefficient (Wildman–Crippen LogP) is -0.00110. The number of carbonyl (C=O) groups is 1. The van der Waals surface area contributed by atoms with Gasteiger partial charge in [-0.05, 0) is 38.9 Å². The number of rotatable bonds is 5. The number of amides is 1. The summed E-state index contributed by atoms with van der Waals surface area (Å²) in [7, 11) is 0. The molecule has 0 aromatic carbocycles. The van der Waals surface area contributed by atoms with Crippen molar-refractivity contribution in [2.45, 2.75) is 25.7 Å². The lowest BCUT2D eigenvalue weighted by atomic mass is 10.3. The first kappa shape index (κ1) is 14.8. The van der Waals surface area contributed by atoms with Crippen LogP contribution in [0.3, 0.4) is 0 Å². The van der Waals surface area contributed by atoms with Gasteiger partial charge in [0.05, 0.1) is 6.61 Å². The molecule has 0 unspecified atom stereocenters. The minimum Gasteiger partial charge on any atom is -0.395 e. The number of hydrogen-bond donors (Lipinski definition) is 1. The van der Waals surface area contributed by atoms with Crippen molar-refractivity contribution >= 4 is 5.91 Å². The highest BCUT2D eigenvalue weighted by Gasteiger charge is 2.20. The number of aliphatic hydroxyl groups excluding tert-OH is 1. The van der Waals surface area contributed by atoms with Crippen LogP contribution < -0.4 is 0 Å². The van der Waals surface area contributed by atoms with Crippen LogP contribution in [0.25, 0.3) is 0 Å². The molecule has 0 aliphatic carbocycles. The van der Waals surface area contributed by atoms with Gasteiger partial charge in [0.25, 0.3) is 0 Å². The fraction of sp³-hybridized carbons (Fsp3) is 0.929. The quantitative estimate of drug-likeness (QED) is 0.763. The van der Waals surface area contributed by atoms with E-state index in [4.69, 9.17) is 5.11 Å². The van der Waals surface area contributed by atoms with Crippen LogP contribution in [-0.4, -0.2) is 84.7 Å². The minimum absolute atomic E-state index is 0.211. The average Bonchev–Trinajstić information content (AvgIpc) is 2.82. The zero-order valence-electron chi connectivity index (χ0n) is 11.9. The first-order chi connectivity index (χ1) is 9.29. The lowest BCUT2D eigenvalue weighted by molar-refractivity contribution is -0.131. The van der Waals surface area contributed by atoms with E-state index < -0.39 is 0 Å². The zero-order valence-corrected chi connectivity index (χ0v) is 11.9. The van der Waals surface area contributed by atoms with Gasteiger partial charge in [0.15, 0.2) is 0 Å². The van der Waals surface area contributed by atoms with E-state index in [1.807, 2.05) is 4.90 Å². The number of nitrogens with zero attached hydrogens (tertiary/aromatic N) is 3. The predicted molar refractivity (Wildman–Crippen MR) is 75.0 cm³/mol. The molecule has 2 aliphatic rings. The van der Waals surface area contributed by atoms with Crippen LogP contribution in [0.15, 0.2) is 0 Å². The molecule has 5 nitrogen and oxygen atoms in total. The lowest BCUT2D eigenvalue weighted by Crippen LogP contribution is -2.37. The molecule has 2 aliphatic heterocycles. The van der Waals surface area contributed by atoms with Crippen LogP contribution in [0, 0.1) is 0 Å². The summed E-state index contributed by atoms with van der Waals surface area (Å²) in [6.45, 7) is 7.79. The molecule has 5 heteroatoms. The number of likely N-dealkylation sites (tertiary alicyclic amines) is 1. The second kappa shape index (κ2) is 7.82. The van der Waals surface area contributed by atoms with Crippen molar-refractivity contribution in [2.75, 3.05) is 59.0 Å². The number of carbonyl (C=O) groups excluding carboxylic acids is 1. The highest BCUT2D eigenvalue weighted by Crippen LogP contribution is 2.09.